The van der Waals surface area contributed by atoms with Gasteiger partial charge in [0.05, 0.1) is 0 Å². The molecule has 0 bridgehead atoms. The van der Waals surface area contributed by atoms with Crippen LogP contribution in [0.15, 0.2) is 22.7 Å². The Morgan fingerprint density at radius 3 is 2.45 bits per heavy atom. The minimum absolute atomic E-state index is 0.354. The van der Waals surface area contributed by atoms with Crippen molar-refractivity contribution in [3.63, 3.8) is 0 Å². The number of nitrogens with one attached hydrogen (secondary N) is 1. The average Bonchev–Trinajstić information content (AvgIpc) is 3.08. The zero-order chi connectivity index (χ0) is 15.7. The van der Waals surface area contributed by atoms with E-state index in [0.717, 1.165) is 25.0 Å². The van der Waals surface area contributed by atoms with Crippen molar-refractivity contribution in [2.75, 3.05) is 0 Å². The van der Waals surface area contributed by atoms with Crippen LogP contribution in [0.2, 0.25) is 0 Å². The van der Waals surface area contributed by atoms with Gasteiger partial charge in [0.1, 0.15) is 22.7 Å². The monoisotopic (exact) mass is 307 g/mol. The highest BCUT2D eigenvalue weighted by molar-refractivity contribution is 5.95. The smallest absolute Gasteiger partial charge is 0.258 e. The molecule has 1 N–H and O–H groups in total. The summed E-state index contributed by atoms with van der Waals surface area (Å²) >= 11 is 0. The number of carbonyl (C=O) groups is 1. The van der Waals surface area contributed by atoms with Gasteiger partial charge in [-0.15, -0.1) is 0 Å². The molecule has 1 aromatic carbocycles. The van der Waals surface area contributed by atoms with E-state index in [-0.39, 0.29) is 0 Å². The fraction of sp³-hybridized carbons (Fsp3) is 0.400. The van der Waals surface area contributed by atoms with E-state index in [1.165, 1.54) is 6.07 Å². The first-order valence-corrected chi connectivity index (χ1v) is 7.09. The van der Waals surface area contributed by atoms with Gasteiger partial charge in [0, 0.05) is 6.92 Å². The van der Waals surface area contributed by atoms with Crippen molar-refractivity contribution in [1.29, 1.82) is 0 Å². The Bertz CT molecular complexity index is 688. The summed E-state index contributed by atoms with van der Waals surface area (Å²) in [6, 6.07) is 3.32. The minimum atomic E-state index is -0.894. The van der Waals surface area contributed by atoms with Crippen LogP contribution in [0, 0.1) is 18.6 Å². The second-order valence-electron chi connectivity index (χ2n) is 5.48. The third kappa shape index (κ3) is 2.47. The molecule has 1 aliphatic rings. The molecular formula is C15H15F2N3O2. The van der Waals surface area contributed by atoms with Crippen LogP contribution in [-0.4, -0.2) is 16.0 Å². The Hall–Kier alpha value is -2.31. The number of halogens is 2. The van der Waals surface area contributed by atoms with Crippen LogP contribution >= 0.6 is 0 Å². The molecule has 7 heteroatoms. The number of carbonyl (C=O) groups excluding carboxylic acids is 1. The molecule has 3 rings (SSSR count). The summed E-state index contributed by atoms with van der Waals surface area (Å²) in [7, 11) is 0. The van der Waals surface area contributed by atoms with E-state index in [9.17, 15) is 13.6 Å². The first-order valence-electron chi connectivity index (χ1n) is 7.09. The highest BCUT2D eigenvalue weighted by Gasteiger charge is 2.42. The third-order valence-corrected chi connectivity index (χ3v) is 3.96. The summed E-state index contributed by atoms with van der Waals surface area (Å²) in [5.74, 6) is -1.86. The second kappa shape index (κ2) is 5.47. The summed E-state index contributed by atoms with van der Waals surface area (Å²) in [6.45, 7) is 1.65. The maximum Gasteiger partial charge on any atom is 0.258 e. The molecule has 0 radical (unpaired) electrons. The molecule has 2 aromatic rings. The molecule has 0 saturated heterocycles. The molecule has 22 heavy (non-hydrogen) atoms. The maximum atomic E-state index is 13.8. The number of aromatic nitrogens is 2. The number of aryl methyl sites for hydroxylation is 1. The summed E-state index contributed by atoms with van der Waals surface area (Å²) in [5.41, 5.74) is -1.42. The summed E-state index contributed by atoms with van der Waals surface area (Å²) in [4.78, 5) is 16.5. The zero-order valence-corrected chi connectivity index (χ0v) is 12.0. The zero-order valence-electron chi connectivity index (χ0n) is 12.0. The lowest BCUT2D eigenvalue weighted by molar-refractivity contribution is 0.0883. The van der Waals surface area contributed by atoms with Crippen LogP contribution in [0.4, 0.5) is 8.78 Å². The van der Waals surface area contributed by atoms with E-state index in [4.69, 9.17) is 4.52 Å². The van der Waals surface area contributed by atoms with Crippen molar-refractivity contribution in [3.8, 4) is 0 Å². The topological polar surface area (TPSA) is 68.0 Å². The number of nitrogens with zero attached hydrogens (tertiary/aromatic N) is 2. The molecule has 0 atom stereocenters. The Balaban J connectivity index is 1.93. The lowest BCUT2D eigenvalue weighted by Crippen LogP contribution is -2.45. The van der Waals surface area contributed by atoms with Gasteiger partial charge in [0.15, 0.2) is 5.82 Å². The number of benzene rings is 1. The van der Waals surface area contributed by atoms with Gasteiger partial charge in [-0.25, -0.2) is 8.78 Å². The summed E-state index contributed by atoms with van der Waals surface area (Å²) < 4.78 is 32.5. The molecule has 116 valence electrons. The van der Waals surface area contributed by atoms with Crippen molar-refractivity contribution in [3.05, 3.63) is 47.1 Å². The summed E-state index contributed by atoms with van der Waals surface area (Å²) in [5, 5.41) is 6.59. The van der Waals surface area contributed by atoms with E-state index < -0.39 is 28.6 Å². The van der Waals surface area contributed by atoms with Crippen LogP contribution in [-0.2, 0) is 5.54 Å². The Kier molecular flexibility index (Phi) is 3.64. The molecule has 1 fully saturated rings. The Labute approximate surface area is 125 Å². The maximum absolute atomic E-state index is 13.8. The molecule has 1 aliphatic carbocycles. The van der Waals surface area contributed by atoms with Crippen molar-refractivity contribution in [1.82, 2.24) is 15.5 Å². The van der Waals surface area contributed by atoms with E-state index in [0.29, 0.717) is 24.6 Å². The van der Waals surface area contributed by atoms with Crippen LogP contribution < -0.4 is 5.32 Å². The van der Waals surface area contributed by atoms with Gasteiger partial charge in [-0.1, -0.05) is 24.1 Å². The van der Waals surface area contributed by atoms with Gasteiger partial charge < -0.3 is 9.84 Å². The van der Waals surface area contributed by atoms with E-state index in [2.05, 4.69) is 15.5 Å². The van der Waals surface area contributed by atoms with Gasteiger partial charge in [0.2, 0.25) is 5.89 Å². The standard InChI is InChI=1S/C15H15F2N3O2/c1-9-18-14(20-22-9)15(7-2-3-8-15)19-13(21)12-10(16)5-4-6-11(12)17/h4-6H,2-3,7-8H2,1H3,(H,19,21). The first kappa shape index (κ1) is 14.6. The van der Waals surface area contributed by atoms with Gasteiger partial charge in [-0.3, -0.25) is 4.79 Å². The van der Waals surface area contributed by atoms with Gasteiger partial charge in [0.25, 0.3) is 5.91 Å². The molecule has 5 nitrogen and oxygen atoms in total. The molecule has 1 aromatic heterocycles. The predicted molar refractivity (Wildman–Crippen MR) is 73.0 cm³/mol. The molecule has 0 aliphatic heterocycles. The minimum Gasteiger partial charge on any atom is -0.340 e. The van der Waals surface area contributed by atoms with Crippen molar-refractivity contribution < 1.29 is 18.1 Å². The lowest BCUT2D eigenvalue weighted by Gasteiger charge is -2.26. The average molecular weight is 307 g/mol. The number of rotatable bonds is 3. The normalized spacial score (nSPS) is 16.7. The van der Waals surface area contributed by atoms with Gasteiger partial charge >= 0.3 is 0 Å². The van der Waals surface area contributed by atoms with E-state index in [1.54, 1.807) is 6.92 Å². The number of hydrogen-bond donors (Lipinski definition) is 1. The fourth-order valence-electron chi connectivity index (χ4n) is 2.87. The van der Waals surface area contributed by atoms with Crippen molar-refractivity contribution in [2.45, 2.75) is 38.1 Å². The van der Waals surface area contributed by atoms with E-state index >= 15 is 0 Å². The van der Waals surface area contributed by atoms with Gasteiger partial charge in [-0.2, -0.15) is 4.98 Å². The second-order valence-corrected chi connectivity index (χ2v) is 5.48. The Morgan fingerprint density at radius 2 is 1.91 bits per heavy atom. The molecule has 1 amide bonds. The van der Waals surface area contributed by atoms with Crippen molar-refractivity contribution in [2.24, 2.45) is 0 Å². The predicted octanol–water partition coefficient (Wildman–Crippen LogP) is 2.86. The van der Waals surface area contributed by atoms with Crippen molar-refractivity contribution >= 4 is 5.91 Å². The molecule has 0 unspecified atom stereocenters. The highest BCUT2D eigenvalue weighted by atomic mass is 19.1. The molecule has 1 saturated carbocycles. The first-order chi connectivity index (χ1) is 10.5. The highest BCUT2D eigenvalue weighted by Crippen LogP contribution is 2.37. The lowest BCUT2D eigenvalue weighted by atomic mass is 9.95. The SMILES string of the molecule is Cc1nc(C2(NC(=O)c3c(F)cccc3F)CCCC2)no1. The van der Waals surface area contributed by atoms with Crippen LogP contribution in [0.3, 0.4) is 0 Å². The third-order valence-electron chi connectivity index (χ3n) is 3.96. The number of hydrogen-bond acceptors (Lipinski definition) is 4. The quantitative estimate of drug-likeness (QED) is 0.946. The van der Waals surface area contributed by atoms with Crippen LogP contribution in [0.5, 0.6) is 0 Å². The molecule has 0 spiro atoms. The largest absolute Gasteiger partial charge is 0.340 e. The molecular weight excluding hydrogens is 292 g/mol. The summed E-state index contributed by atoms with van der Waals surface area (Å²) in [6.07, 6.45) is 2.95. The van der Waals surface area contributed by atoms with Crippen LogP contribution in [0.25, 0.3) is 0 Å². The van der Waals surface area contributed by atoms with E-state index in [1.807, 2.05) is 0 Å². The van der Waals surface area contributed by atoms with Gasteiger partial charge in [-0.05, 0) is 25.0 Å². The Morgan fingerprint density at radius 1 is 1.27 bits per heavy atom. The fourth-order valence-corrected chi connectivity index (χ4v) is 2.87. The van der Waals surface area contributed by atoms with Crippen LogP contribution in [0.1, 0.15) is 47.8 Å². The number of amides is 1. The molecule has 1 heterocycles.